The maximum atomic E-state index is 12.3. The summed E-state index contributed by atoms with van der Waals surface area (Å²) in [6.07, 6.45) is 0.298. The van der Waals surface area contributed by atoms with E-state index in [-0.39, 0.29) is 10.8 Å². The molecule has 3 aromatic rings. The van der Waals surface area contributed by atoms with Gasteiger partial charge in [-0.3, -0.25) is 14.2 Å². The van der Waals surface area contributed by atoms with Crippen LogP contribution in [0.5, 0.6) is 0 Å². The van der Waals surface area contributed by atoms with Gasteiger partial charge in [-0.25, -0.2) is 0 Å². The molecule has 0 unspecified atom stereocenters. The van der Waals surface area contributed by atoms with E-state index in [0.717, 1.165) is 15.9 Å². The molecule has 1 heterocycles. The third kappa shape index (κ3) is 2.80. The molecule has 1 aromatic heterocycles. The van der Waals surface area contributed by atoms with Crippen LogP contribution in [-0.4, -0.2) is 17.5 Å². The van der Waals surface area contributed by atoms with Crippen molar-refractivity contribution in [2.45, 2.75) is 13.0 Å². The highest BCUT2D eigenvalue weighted by atomic mass is 32.1. The van der Waals surface area contributed by atoms with Crippen molar-refractivity contribution in [2.75, 3.05) is 11.9 Å². The Bertz CT molecular complexity index is 852. The Balaban J connectivity index is 1.75. The Morgan fingerprint density at radius 2 is 1.77 bits per heavy atom. The Morgan fingerprint density at radius 1 is 1.09 bits per heavy atom. The molecular formula is C17H16N2O2S. The van der Waals surface area contributed by atoms with Gasteiger partial charge in [0.1, 0.15) is 0 Å². The van der Waals surface area contributed by atoms with Crippen LogP contribution < -0.4 is 9.77 Å². The fourth-order valence-electron chi connectivity index (χ4n) is 2.40. The van der Waals surface area contributed by atoms with Crippen LogP contribution in [0.15, 0.2) is 59.4 Å². The molecule has 0 fully saturated rings. The van der Waals surface area contributed by atoms with Gasteiger partial charge in [0.2, 0.25) is 5.91 Å². The van der Waals surface area contributed by atoms with Crippen molar-refractivity contribution in [3.8, 4) is 0 Å². The lowest BCUT2D eigenvalue weighted by molar-refractivity contribution is -0.118. The first-order valence-electron chi connectivity index (χ1n) is 7.07. The van der Waals surface area contributed by atoms with Crippen LogP contribution in [0, 0.1) is 0 Å². The molecule has 0 aliphatic carbocycles. The molecule has 22 heavy (non-hydrogen) atoms. The van der Waals surface area contributed by atoms with E-state index in [1.54, 1.807) is 16.5 Å². The van der Waals surface area contributed by atoms with Gasteiger partial charge in [0, 0.05) is 25.7 Å². The minimum absolute atomic E-state index is 0.00613. The van der Waals surface area contributed by atoms with Crippen molar-refractivity contribution in [2.24, 2.45) is 0 Å². The molecule has 1 amide bonds. The smallest absolute Gasteiger partial charge is 0.308 e. The van der Waals surface area contributed by atoms with Crippen molar-refractivity contribution in [1.29, 1.82) is 0 Å². The number of rotatable bonds is 4. The summed E-state index contributed by atoms with van der Waals surface area (Å²) in [6, 6.07) is 17.2. The molecule has 5 heteroatoms. The third-order valence-electron chi connectivity index (χ3n) is 3.64. The van der Waals surface area contributed by atoms with Crippen LogP contribution >= 0.6 is 11.3 Å². The molecule has 0 bridgehead atoms. The first-order valence-corrected chi connectivity index (χ1v) is 7.88. The second-order valence-electron chi connectivity index (χ2n) is 5.03. The maximum Gasteiger partial charge on any atom is 0.308 e. The van der Waals surface area contributed by atoms with Crippen molar-refractivity contribution >= 4 is 33.1 Å². The molecule has 0 radical (unpaired) electrons. The van der Waals surface area contributed by atoms with E-state index in [0.29, 0.717) is 13.0 Å². The Hall–Kier alpha value is -2.40. The number of aryl methyl sites for hydroxylation is 1. The lowest BCUT2D eigenvalue weighted by Gasteiger charge is -2.17. The molecule has 0 atom stereocenters. The normalized spacial score (nSPS) is 10.8. The van der Waals surface area contributed by atoms with E-state index in [1.165, 1.54) is 11.3 Å². The summed E-state index contributed by atoms with van der Waals surface area (Å²) in [5, 5.41) is 0. The lowest BCUT2D eigenvalue weighted by Crippen LogP contribution is -2.28. The second-order valence-corrected chi connectivity index (χ2v) is 6.02. The second kappa shape index (κ2) is 6.15. The number of carbonyl (C=O) groups is 1. The quantitative estimate of drug-likeness (QED) is 0.743. The number of hydrogen-bond donors (Lipinski definition) is 0. The minimum atomic E-state index is -0.0173. The minimum Gasteiger partial charge on any atom is -0.315 e. The van der Waals surface area contributed by atoms with Gasteiger partial charge < -0.3 is 4.90 Å². The predicted molar refractivity (Wildman–Crippen MR) is 90.6 cm³/mol. The summed E-state index contributed by atoms with van der Waals surface area (Å²) >= 11 is 1.22. The van der Waals surface area contributed by atoms with Crippen LogP contribution in [0.4, 0.5) is 5.69 Å². The fourth-order valence-corrected chi connectivity index (χ4v) is 3.31. The number of thiazole rings is 1. The molecule has 0 saturated carbocycles. The van der Waals surface area contributed by atoms with Gasteiger partial charge in [0.15, 0.2) is 0 Å². The summed E-state index contributed by atoms with van der Waals surface area (Å²) in [7, 11) is 1.76. The summed E-state index contributed by atoms with van der Waals surface area (Å²) in [4.78, 5) is 26.0. The van der Waals surface area contributed by atoms with Crippen LogP contribution in [0.2, 0.25) is 0 Å². The average Bonchev–Trinajstić information content (AvgIpc) is 2.88. The van der Waals surface area contributed by atoms with Gasteiger partial charge in [0.05, 0.1) is 10.2 Å². The van der Waals surface area contributed by atoms with E-state index >= 15 is 0 Å². The van der Waals surface area contributed by atoms with E-state index in [4.69, 9.17) is 0 Å². The highest BCUT2D eigenvalue weighted by Crippen LogP contribution is 2.17. The average molecular weight is 312 g/mol. The van der Waals surface area contributed by atoms with Gasteiger partial charge in [-0.15, -0.1) is 0 Å². The third-order valence-corrected chi connectivity index (χ3v) is 4.60. The molecule has 3 rings (SSSR count). The van der Waals surface area contributed by atoms with Crippen LogP contribution in [0.1, 0.15) is 6.42 Å². The molecule has 112 valence electrons. The van der Waals surface area contributed by atoms with Gasteiger partial charge in [-0.1, -0.05) is 41.7 Å². The molecular weight excluding hydrogens is 296 g/mol. The van der Waals surface area contributed by atoms with Crippen LogP contribution in [0.25, 0.3) is 10.2 Å². The highest BCUT2D eigenvalue weighted by Gasteiger charge is 2.13. The maximum absolute atomic E-state index is 12.3. The molecule has 0 saturated heterocycles. The zero-order valence-corrected chi connectivity index (χ0v) is 13.0. The zero-order chi connectivity index (χ0) is 15.5. The Labute approximate surface area is 132 Å². The first kappa shape index (κ1) is 14.5. The zero-order valence-electron chi connectivity index (χ0n) is 12.2. The molecule has 2 aromatic carbocycles. The summed E-state index contributed by atoms with van der Waals surface area (Å²) in [6.45, 7) is 0.402. The highest BCUT2D eigenvalue weighted by molar-refractivity contribution is 7.16. The number of para-hydroxylation sites is 2. The van der Waals surface area contributed by atoms with Gasteiger partial charge in [0.25, 0.3) is 0 Å². The van der Waals surface area contributed by atoms with E-state index in [2.05, 4.69) is 0 Å². The number of hydrogen-bond acceptors (Lipinski definition) is 3. The summed E-state index contributed by atoms with van der Waals surface area (Å²) in [5.74, 6) is -0.00613. The van der Waals surface area contributed by atoms with E-state index in [1.807, 2.05) is 54.6 Å². The van der Waals surface area contributed by atoms with Crippen LogP contribution in [-0.2, 0) is 11.3 Å². The topological polar surface area (TPSA) is 42.3 Å². The molecule has 4 nitrogen and oxygen atoms in total. The number of anilines is 1. The summed E-state index contributed by atoms with van der Waals surface area (Å²) < 4.78 is 2.63. The number of amides is 1. The number of aromatic nitrogens is 1. The number of benzene rings is 2. The van der Waals surface area contributed by atoms with Crippen molar-refractivity contribution in [3.05, 3.63) is 64.3 Å². The lowest BCUT2D eigenvalue weighted by atomic mass is 10.2. The van der Waals surface area contributed by atoms with Crippen molar-refractivity contribution < 1.29 is 4.79 Å². The fraction of sp³-hybridized carbons (Fsp3) is 0.176. The number of nitrogens with zero attached hydrogens (tertiary/aromatic N) is 2. The predicted octanol–water partition coefficient (Wildman–Crippen LogP) is 3.12. The van der Waals surface area contributed by atoms with Gasteiger partial charge in [-0.05, 0) is 24.3 Å². The molecule has 0 aliphatic heterocycles. The first-order chi connectivity index (χ1) is 10.7. The van der Waals surface area contributed by atoms with Gasteiger partial charge in [-0.2, -0.15) is 0 Å². The van der Waals surface area contributed by atoms with E-state index in [9.17, 15) is 9.59 Å². The summed E-state index contributed by atoms with van der Waals surface area (Å²) in [5.41, 5.74) is 1.75. The Kier molecular flexibility index (Phi) is 4.06. The van der Waals surface area contributed by atoms with E-state index < -0.39 is 0 Å². The molecule has 0 spiro atoms. The molecule has 0 N–H and O–H groups in total. The van der Waals surface area contributed by atoms with Crippen molar-refractivity contribution in [1.82, 2.24) is 4.57 Å². The number of fused-ring (bicyclic) bond motifs is 1. The standard InChI is InChI=1S/C17H16N2O2S/c1-18(13-7-3-2-4-8-13)16(20)11-12-19-14-9-5-6-10-15(14)22-17(19)21/h2-10H,11-12H2,1H3. The monoisotopic (exact) mass is 312 g/mol. The SMILES string of the molecule is CN(C(=O)CCn1c(=O)sc2ccccc21)c1ccccc1. The largest absolute Gasteiger partial charge is 0.315 e. The van der Waals surface area contributed by atoms with Gasteiger partial charge >= 0.3 is 4.87 Å². The van der Waals surface area contributed by atoms with Crippen molar-refractivity contribution in [3.63, 3.8) is 0 Å². The molecule has 0 aliphatic rings. The Morgan fingerprint density at radius 3 is 2.55 bits per heavy atom. The van der Waals surface area contributed by atoms with Crippen LogP contribution in [0.3, 0.4) is 0 Å². The number of carbonyl (C=O) groups excluding carboxylic acids is 1.